The van der Waals surface area contributed by atoms with E-state index in [1.54, 1.807) is 12.3 Å². The van der Waals surface area contributed by atoms with Crippen molar-refractivity contribution in [2.45, 2.75) is 24.3 Å². The third-order valence-electron chi connectivity index (χ3n) is 3.08. The van der Waals surface area contributed by atoms with Crippen LogP contribution in [0.2, 0.25) is 5.02 Å². The molecule has 0 saturated heterocycles. The summed E-state index contributed by atoms with van der Waals surface area (Å²) in [5, 5.41) is 0.575. The molecule has 1 unspecified atom stereocenters. The van der Waals surface area contributed by atoms with Crippen LogP contribution < -0.4 is 5.73 Å². The maximum Gasteiger partial charge on any atom is 0.323 e. The highest BCUT2D eigenvalue weighted by molar-refractivity contribution is 6.30. The first kappa shape index (κ1) is 11.4. The molecule has 1 aromatic heterocycles. The number of carbonyl (C=O) groups is 1. The van der Waals surface area contributed by atoms with Crippen molar-refractivity contribution in [2.75, 3.05) is 7.11 Å². The molecular formula is C11H13ClN2O2. The van der Waals surface area contributed by atoms with Crippen molar-refractivity contribution in [3.63, 3.8) is 0 Å². The topological polar surface area (TPSA) is 65.2 Å². The van der Waals surface area contributed by atoms with Crippen molar-refractivity contribution in [3.05, 3.63) is 29.0 Å². The summed E-state index contributed by atoms with van der Waals surface area (Å²) < 4.78 is 4.67. The zero-order chi connectivity index (χ0) is 11.8. The van der Waals surface area contributed by atoms with Gasteiger partial charge in [-0.05, 0) is 25.0 Å². The number of hydrogen-bond donors (Lipinski definition) is 1. The molecule has 2 N–H and O–H groups in total. The van der Waals surface area contributed by atoms with E-state index in [1.807, 2.05) is 6.07 Å². The van der Waals surface area contributed by atoms with Gasteiger partial charge in [0.2, 0.25) is 0 Å². The number of hydrogen-bond acceptors (Lipinski definition) is 4. The molecule has 0 radical (unpaired) electrons. The Hall–Kier alpha value is -1.13. The molecule has 2 rings (SSSR count). The van der Waals surface area contributed by atoms with Gasteiger partial charge in [0.1, 0.15) is 6.04 Å². The molecule has 16 heavy (non-hydrogen) atoms. The van der Waals surface area contributed by atoms with Gasteiger partial charge in [0.25, 0.3) is 0 Å². The lowest BCUT2D eigenvalue weighted by Crippen LogP contribution is -2.43. The predicted molar refractivity (Wildman–Crippen MR) is 60.2 cm³/mol. The molecule has 86 valence electrons. The average Bonchev–Trinajstić information content (AvgIpc) is 3.09. The highest BCUT2D eigenvalue weighted by Crippen LogP contribution is 2.49. The van der Waals surface area contributed by atoms with Crippen LogP contribution in [-0.4, -0.2) is 24.1 Å². The Kier molecular flexibility index (Phi) is 2.86. The Balaban J connectivity index is 2.26. The second-order valence-electron chi connectivity index (χ2n) is 4.02. The van der Waals surface area contributed by atoms with Crippen LogP contribution in [0.5, 0.6) is 0 Å². The number of aromatic nitrogens is 1. The number of methoxy groups -OCH3 is 1. The lowest BCUT2D eigenvalue weighted by molar-refractivity contribution is -0.143. The summed E-state index contributed by atoms with van der Waals surface area (Å²) in [4.78, 5) is 15.7. The second kappa shape index (κ2) is 4.03. The van der Waals surface area contributed by atoms with Crippen molar-refractivity contribution in [2.24, 2.45) is 5.73 Å². The van der Waals surface area contributed by atoms with E-state index in [-0.39, 0.29) is 5.41 Å². The summed E-state index contributed by atoms with van der Waals surface area (Å²) in [7, 11) is 1.34. The molecule has 5 heteroatoms. The number of rotatable bonds is 3. The Morgan fingerprint density at radius 1 is 1.62 bits per heavy atom. The van der Waals surface area contributed by atoms with E-state index in [2.05, 4.69) is 9.72 Å². The van der Waals surface area contributed by atoms with Gasteiger partial charge in [0.15, 0.2) is 0 Å². The van der Waals surface area contributed by atoms with Gasteiger partial charge in [-0.2, -0.15) is 0 Å². The number of pyridine rings is 1. The minimum absolute atomic E-state index is 0.350. The standard InChI is InChI=1S/C11H13ClN2O2/c1-16-10(15)9(13)11(4-5-11)8-3-2-7(12)6-14-8/h2-3,6,9H,4-5,13H2,1H3. The summed E-state index contributed by atoms with van der Waals surface area (Å²) >= 11 is 5.77. The number of carbonyl (C=O) groups excluding carboxylic acids is 1. The summed E-state index contributed by atoms with van der Waals surface area (Å²) in [5.74, 6) is -0.394. The van der Waals surface area contributed by atoms with Crippen LogP contribution in [-0.2, 0) is 14.9 Å². The van der Waals surface area contributed by atoms with Gasteiger partial charge in [0.05, 0.1) is 12.1 Å². The third kappa shape index (κ3) is 1.79. The summed E-state index contributed by atoms with van der Waals surface area (Å²) in [6.07, 6.45) is 3.29. The smallest absolute Gasteiger partial charge is 0.323 e. The first-order valence-corrected chi connectivity index (χ1v) is 5.43. The fraction of sp³-hybridized carbons (Fsp3) is 0.455. The largest absolute Gasteiger partial charge is 0.468 e. The molecule has 1 aromatic rings. The Labute approximate surface area is 98.8 Å². The Morgan fingerprint density at radius 2 is 2.31 bits per heavy atom. The van der Waals surface area contributed by atoms with Gasteiger partial charge in [-0.25, -0.2) is 0 Å². The second-order valence-corrected chi connectivity index (χ2v) is 4.46. The minimum Gasteiger partial charge on any atom is -0.468 e. The fourth-order valence-corrected chi connectivity index (χ4v) is 2.00. The fourth-order valence-electron chi connectivity index (χ4n) is 1.88. The molecule has 1 aliphatic rings. The van der Waals surface area contributed by atoms with Gasteiger partial charge >= 0.3 is 5.97 Å². The van der Waals surface area contributed by atoms with Crippen LogP contribution in [0.4, 0.5) is 0 Å². The molecule has 0 amide bonds. The van der Waals surface area contributed by atoms with E-state index in [0.29, 0.717) is 5.02 Å². The Morgan fingerprint density at radius 3 is 2.75 bits per heavy atom. The summed E-state index contributed by atoms with van der Waals surface area (Å²) in [6.45, 7) is 0. The van der Waals surface area contributed by atoms with E-state index in [0.717, 1.165) is 18.5 Å². The van der Waals surface area contributed by atoms with Crippen molar-refractivity contribution in [3.8, 4) is 0 Å². The number of esters is 1. The van der Waals surface area contributed by atoms with Crippen molar-refractivity contribution in [1.29, 1.82) is 0 Å². The molecule has 4 nitrogen and oxygen atoms in total. The normalized spacial score (nSPS) is 18.9. The molecule has 1 aliphatic carbocycles. The summed E-state index contributed by atoms with van der Waals surface area (Å²) in [5.41, 5.74) is 6.36. The number of ether oxygens (including phenoxy) is 1. The van der Waals surface area contributed by atoms with Crippen LogP contribution in [0.3, 0.4) is 0 Å². The van der Waals surface area contributed by atoms with E-state index in [9.17, 15) is 4.79 Å². The molecule has 1 saturated carbocycles. The molecule has 1 heterocycles. The monoisotopic (exact) mass is 240 g/mol. The number of nitrogens with zero attached hydrogens (tertiary/aromatic N) is 1. The zero-order valence-corrected chi connectivity index (χ0v) is 9.70. The van der Waals surface area contributed by atoms with Gasteiger partial charge < -0.3 is 10.5 Å². The van der Waals surface area contributed by atoms with Crippen LogP contribution in [0.15, 0.2) is 18.3 Å². The maximum atomic E-state index is 11.4. The number of halogens is 1. The molecular weight excluding hydrogens is 228 g/mol. The van der Waals surface area contributed by atoms with Crippen LogP contribution in [0.25, 0.3) is 0 Å². The SMILES string of the molecule is COC(=O)C(N)C1(c2ccc(Cl)cn2)CC1. The molecule has 0 aliphatic heterocycles. The van der Waals surface area contributed by atoms with Crippen LogP contribution in [0, 0.1) is 0 Å². The maximum absolute atomic E-state index is 11.4. The van der Waals surface area contributed by atoms with E-state index in [4.69, 9.17) is 17.3 Å². The van der Waals surface area contributed by atoms with E-state index >= 15 is 0 Å². The quantitative estimate of drug-likeness (QED) is 0.808. The zero-order valence-electron chi connectivity index (χ0n) is 8.94. The van der Waals surface area contributed by atoms with Crippen LogP contribution >= 0.6 is 11.6 Å². The van der Waals surface area contributed by atoms with Crippen molar-refractivity contribution in [1.82, 2.24) is 4.98 Å². The molecule has 0 spiro atoms. The van der Waals surface area contributed by atoms with Gasteiger partial charge in [-0.3, -0.25) is 9.78 Å². The molecule has 0 aromatic carbocycles. The highest BCUT2D eigenvalue weighted by Gasteiger charge is 2.53. The van der Waals surface area contributed by atoms with Gasteiger partial charge in [-0.1, -0.05) is 11.6 Å². The molecule has 1 fully saturated rings. The number of nitrogens with two attached hydrogens (primary N) is 1. The van der Waals surface area contributed by atoms with Crippen LogP contribution in [0.1, 0.15) is 18.5 Å². The first-order chi connectivity index (χ1) is 7.60. The Bertz CT molecular complexity index is 401. The average molecular weight is 241 g/mol. The van der Waals surface area contributed by atoms with Gasteiger partial charge in [0, 0.05) is 17.3 Å². The molecule has 1 atom stereocenters. The summed E-state index contributed by atoms with van der Waals surface area (Å²) in [6, 6.07) is 2.93. The van der Waals surface area contributed by atoms with E-state index in [1.165, 1.54) is 7.11 Å². The van der Waals surface area contributed by atoms with Crippen molar-refractivity contribution >= 4 is 17.6 Å². The lowest BCUT2D eigenvalue weighted by atomic mass is 9.92. The third-order valence-corrected chi connectivity index (χ3v) is 3.30. The lowest BCUT2D eigenvalue weighted by Gasteiger charge is -2.20. The first-order valence-electron chi connectivity index (χ1n) is 5.05. The predicted octanol–water partition coefficient (Wildman–Crippen LogP) is 1.27. The highest BCUT2D eigenvalue weighted by atomic mass is 35.5. The van der Waals surface area contributed by atoms with Gasteiger partial charge in [-0.15, -0.1) is 0 Å². The minimum atomic E-state index is -0.647. The molecule has 0 bridgehead atoms. The van der Waals surface area contributed by atoms with E-state index < -0.39 is 12.0 Å². The van der Waals surface area contributed by atoms with Crippen molar-refractivity contribution < 1.29 is 9.53 Å².